The van der Waals surface area contributed by atoms with Gasteiger partial charge in [-0.3, -0.25) is 9.29 Å². The lowest BCUT2D eigenvalue weighted by Crippen LogP contribution is -2.35. The fraction of sp³-hybridized carbons (Fsp3) is 0.154. The highest BCUT2D eigenvalue weighted by Gasteiger charge is 2.30. The van der Waals surface area contributed by atoms with Gasteiger partial charge in [-0.15, -0.1) is 11.8 Å². The van der Waals surface area contributed by atoms with E-state index in [9.17, 15) is 8.42 Å². The first-order valence-corrected chi connectivity index (χ1v) is 8.75. The maximum atomic E-state index is 12.8. The zero-order valence-electron chi connectivity index (χ0n) is 10.4. The molecule has 0 bridgehead atoms. The molecule has 20 heavy (non-hydrogen) atoms. The van der Waals surface area contributed by atoms with Gasteiger partial charge in [0.05, 0.1) is 10.7 Å². The van der Waals surface area contributed by atoms with Crippen LogP contribution in [0.1, 0.15) is 0 Å². The third kappa shape index (κ3) is 2.28. The molecule has 1 aliphatic rings. The van der Waals surface area contributed by atoms with Crippen LogP contribution in [0.25, 0.3) is 0 Å². The molecule has 0 radical (unpaired) electrons. The lowest BCUT2D eigenvalue weighted by molar-refractivity contribution is 0.591. The Morgan fingerprint density at radius 3 is 2.85 bits per heavy atom. The van der Waals surface area contributed by atoms with Gasteiger partial charge in [0.15, 0.2) is 0 Å². The number of pyridine rings is 1. The van der Waals surface area contributed by atoms with Gasteiger partial charge < -0.3 is 0 Å². The summed E-state index contributed by atoms with van der Waals surface area (Å²) in [7, 11) is -3.68. The van der Waals surface area contributed by atoms with Crippen molar-refractivity contribution in [1.29, 1.82) is 0 Å². The molecule has 1 aromatic heterocycles. The molecule has 2 aromatic rings. The van der Waals surface area contributed by atoms with Crippen LogP contribution in [0.15, 0.2) is 52.5 Å². The van der Waals surface area contributed by atoms with Crippen LogP contribution in [-0.2, 0) is 10.0 Å². The Morgan fingerprint density at radius 2 is 2.05 bits per heavy atom. The smallest absolute Gasteiger partial charge is 0.264 e. The first-order chi connectivity index (χ1) is 9.60. The van der Waals surface area contributed by atoms with Crippen molar-refractivity contribution in [2.75, 3.05) is 16.6 Å². The summed E-state index contributed by atoms with van der Waals surface area (Å²) in [6.07, 6.45) is 2.77. The van der Waals surface area contributed by atoms with E-state index in [0.717, 1.165) is 4.90 Å². The first-order valence-electron chi connectivity index (χ1n) is 5.95. The van der Waals surface area contributed by atoms with E-state index in [1.807, 2.05) is 24.3 Å². The molecule has 0 saturated carbocycles. The Balaban J connectivity index is 2.13. The minimum Gasteiger partial charge on any atom is -0.264 e. The van der Waals surface area contributed by atoms with Gasteiger partial charge in [0.2, 0.25) is 0 Å². The van der Waals surface area contributed by atoms with Crippen LogP contribution >= 0.6 is 23.4 Å². The number of anilines is 1. The molecule has 1 aromatic carbocycles. The summed E-state index contributed by atoms with van der Waals surface area (Å²) >= 11 is 7.66. The number of benzene rings is 1. The van der Waals surface area contributed by atoms with Gasteiger partial charge in [-0.2, -0.15) is 0 Å². The largest absolute Gasteiger partial charge is 0.267 e. The number of halogens is 1. The lowest BCUT2D eigenvalue weighted by atomic mass is 10.3. The molecule has 0 saturated heterocycles. The molecule has 0 atom stereocenters. The zero-order chi connectivity index (χ0) is 14.2. The number of hydrogen-bond donors (Lipinski definition) is 0. The molecule has 104 valence electrons. The Morgan fingerprint density at radius 1 is 1.25 bits per heavy atom. The molecule has 0 spiro atoms. The molecular formula is C13H11ClN2O2S2. The van der Waals surface area contributed by atoms with E-state index in [4.69, 9.17) is 11.6 Å². The van der Waals surface area contributed by atoms with Crippen molar-refractivity contribution in [3.63, 3.8) is 0 Å². The molecule has 3 rings (SSSR count). The van der Waals surface area contributed by atoms with Crippen molar-refractivity contribution in [3.8, 4) is 0 Å². The molecule has 1 aliphatic heterocycles. The molecule has 0 aliphatic carbocycles. The lowest BCUT2D eigenvalue weighted by Gasteiger charge is -2.30. The SMILES string of the molecule is O=S(=O)(c1cnccc1Cl)N1CCSc2ccccc21. The summed E-state index contributed by atoms with van der Waals surface area (Å²) in [6, 6.07) is 8.95. The fourth-order valence-corrected chi connectivity index (χ4v) is 5.13. The number of aromatic nitrogens is 1. The Hall–Kier alpha value is -1.24. The summed E-state index contributed by atoms with van der Waals surface area (Å²) in [5.74, 6) is 0.716. The maximum absolute atomic E-state index is 12.8. The van der Waals surface area contributed by atoms with Crippen molar-refractivity contribution in [2.45, 2.75) is 9.79 Å². The average molecular weight is 327 g/mol. The zero-order valence-corrected chi connectivity index (χ0v) is 12.7. The second-order valence-corrected chi connectivity index (χ2v) is 7.57. The minimum atomic E-state index is -3.68. The van der Waals surface area contributed by atoms with Crippen LogP contribution in [0.4, 0.5) is 5.69 Å². The van der Waals surface area contributed by atoms with E-state index in [-0.39, 0.29) is 9.92 Å². The summed E-state index contributed by atoms with van der Waals surface area (Å²) in [6.45, 7) is 0.426. The normalized spacial score (nSPS) is 14.9. The third-order valence-corrected chi connectivity index (χ3v) is 6.31. The maximum Gasteiger partial charge on any atom is 0.267 e. The van der Waals surface area contributed by atoms with Crippen LogP contribution in [0.2, 0.25) is 5.02 Å². The molecule has 0 unspecified atom stereocenters. The monoisotopic (exact) mass is 326 g/mol. The van der Waals surface area contributed by atoms with E-state index in [2.05, 4.69) is 4.98 Å². The van der Waals surface area contributed by atoms with Crippen molar-refractivity contribution < 1.29 is 8.42 Å². The highest BCUT2D eigenvalue weighted by molar-refractivity contribution is 8.00. The quantitative estimate of drug-likeness (QED) is 0.851. The summed E-state index contributed by atoms with van der Waals surface area (Å²) < 4.78 is 26.9. The van der Waals surface area contributed by atoms with Crippen LogP contribution in [-0.4, -0.2) is 25.7 Å². The van der Waals surface area contributed by atoms with Crippen molar-refractivity contribution in [3.05, 3.63) is 47.7 Å². The summed E-state index contributed by atoms with van der Waals surface area (Å²) in [5, 5.41) is 0.190. The molecular weight excluding hydrogens is 316 g/mol. The molecule has 4 nitrogen and oxygen atoms in total. The molecule has 0 amide bonds. The van der Waals surface area contributed by atoms with E-state index in [1.165, 1.54) is 22.8 Å². The van der Waals surface area contributed by atoms with Crippen molar-refractivity contribution in [1.82, 2.24) is 4.98 Å². The van der Waals surface area contributed by atoms with Gasteiger partial charge in [-0.1, -0.05) is 23.7 Å². The average Bonchev–Trinajstić information content (AvgIpc) is 2.47. The second-order valence-electron chi connectivity index (χ2n) is 4.20. The Kier molecular flexibility index (Phi) is 3.62. The van der Waals surface area contributed by atoms with Gasteiger partial charge in [0, 0.05) is 29.6 Å². The van der Waals surface area contributed by atoms with Crippen molar-refractivity contribution >= 4 is 39.1 Å². The molecule has 2 heterocycles. The van der Waals surface area contributed by atoms with E-state index in [1.54, 1.807) is 11.8 Å². The summed E-state index contributed by atoms with van der Waals surface area (Å²) in [4.78, 5) is 4.87. The number of hydrogen-bond acceptors (Lipinski definition) is 4. The predicted octanol–water partition coefficient (Wildman–Crippen LogP) is 3.04. The fourth-order valence-electron chi connectivity index (χ4n) is 2.07. The number of para-hydroxylation sites is 1. The number of thioether (sulfide) groups is 1. The number of nitrogens with zero attached hydrogens (tertiary/aromatic N) is 2. The van der Waals surface area contributed by atoms with Crippen LogP contribution in [0.5, 0.6) is 0 Å². The van der Waals surface area contributed by atoms with Crippen molar-refractivity contribution in [2.24, 2.45) is 0 Å². The number of fused-ring (bicyclic) bond motifs is 1. The standard InChI is InChI=1S/C13H11ClN2O2S2/c14-10-5-6-15-9-13(10)20(17,18)16-7-8-19-12-4-2-1-3-11(12)16/h1-6,9H,7-8H2. The highest BCUT2D eigenvalue weighted by atomic mass is 35.5. The molecule has 0 fully saturated rings. The third-order valence-electron chi connectivity index (χ3n) is 2.99. The topological polar surface area (TPSA) is 50.3 Å². The Labute approximate surface area is 126 Å². The van der Waals surface area contributed by atoms with Gasteiger partial charge in [0.1, 0.15) is 4.90 Å². The molecule has 0 N–H and O–H groups in total. The minimum absolute atomic E-state index is 0.0448. The molecule has 7 heteroatoms. The highest BCUT2D eigenvalue weighted by Crippen LogP contribution is 2.38. The van der Waals surface area contributed by atoms with E-state index in [0.29, 0.717) is 18.0 Å². The van der Waals surface area contributed by atoms with Gasteiger partial charge in [-0.05, 0) is 18.2 Å². The predicted molar refractivity (Wildman–Crippen MR) is 80.9 cm³/mol. The first kappa shape index (κ1) is 13.7. The summed E-state index contributed by atoms with van der Waals surface area (Å²) in [5.41, 5.74) is 0.698. The van der Waals surface area contributed by atoms with Crippen LogP contribution in [0, 0.1) is 0 Å². The Bertz CT molecular complexity index is 750. The van der Waals surface area contributed by atoms with E-state index >= 15 is 0 Å². The van der Waals surface area contributed by atoms with Gasteiger partial charge in [0.25, 0.3) is 10.0 Å². The van der Waals surface area contributed by atoms with Crippen LogP contribution in [0.3, 0.4) is 0 Å². The number of rotatable bonds is 2. The van der Waals surface area contributed by atoms with Crippen LogP contribution < -0.4 is 4.31 Å². The van der Waals surface area contributed by atoms with E-state index < -0.39 is 10.0 Å². The van der Waals surface area contributed by atoms with Gasteiger partial charge >= 0.3 is 0 Å². The number of sulfonamides is 1. The second kappa shape index (κ2) is 5.27. The van der Waals surface area contributed by atoms with Gasteiger partial charge in [-0.25, -0.2) is 8.42 Å².